The zero-order valence-corrected chi connectivity index (χ0v) is 18.1. The van der Waals surface area contributed by atoms with Crippen LogP contribution in [0.1, 0.15) is 18.2 Å². The smallest absolute Gasteiger partial charge is 0.271 e. The van der Waals surface area contributed by atoms with Crippen molar-refractivity contribution < 1.29 is 14.0 Å². The quantitative estimate of drug-likeness (QED) is 0.389. The van der Waals surface area contributed by atoms with Gasteiger partial charge in [0.05, 0.1) is 0 Å². The lowest BCUT2D eigenvalue weighted by atomic mass is 9.94. The Bertz CT molecular complexity index is 1300. The van der Waals surface area contributed by atoms with Crippen molar-refractivity contribution in [2.45, 2.75) is 13.3 Å². The molecule has 2 heterocycles. The zero-order chi connectivity index (χ0) is 22.7. The monoisotopic (exact) mass is 442 g/mol. The third kappa shape index (κ3) is 4.27. The van der Waals surface area contributed by atoms with E-state index < -0.39 is 11.8 Å². The first-order chi connectivity index (χ1) is 15.5. The first-order valence-corrected chi connectivity index (χ1v) is 10.4. The number of hydrogen-bond acceptors (Lipinski definition) is 4. The molecule has 0 N–H and O–H groups in total. The second kappa shape index (κ2) is 9.09. The summed E-state index contributed by atoms with van der Waals surface area (Å²) >= 11 is 6.06. The molecule has 158 valence electrons. The molecule has 2 amide bonds. The van der Waals surface area contributed by atoms with Gasteiger partial charge in [-0.1, -0.05) is 54.1 Å². The molecule has 2 aromatic carbocycles. The summed E-state index contributed by atoms with van der Waals surface area (Å²) in [6.07, 6.45) is 2.08. The van der Waals surface area contributed by atoms with Crippen LogP contribution in [0, 0.1) is 11.3 Å². The molecule has 0 unspecified atom stereocenters. The van der Waals surface area contributed by atoms with Crippen LogP contribution < -0.4 is 0 Å². The summed E-state index contributed by atoms with van der Waals surface area (Å²) in [7, 11) is 0. The standard InChI is InChI=1S/C26H19ClN2O3/c1-17-22(15-21-10-11-24(32-21)19-8-5-9-20(27)14-19)25(30)29(26(31)23(17)16-28)13-12-18-6-3-2-4-7-18/h2-11,14-15H,12-13H2,1H3/b22-15-. The molecule has 0 spiro atoms. The molecule has 0 atom stereocenters. The Hall–Kier alpha value is -3.88. The first-order valence-electron chi connectivity index (χ1n) is 10.1. The highest BCUT2D eigenvalue weighted by atomic mass is 35.5. The number of hydrogen-bond donors (Lipinski definition) is 0. The average Bonchev–Trinajstić information content (AvgIpc) is 3.26. The van der Waals surface area contributed by atoms with Gasteiger partial charge in [-0.2, -0.15) is 5.26 Å². The van der Waals surface area contributed by atoms with Crippen molar-refractivity contribution in [3.63, 3.8) is 0 Å². The SMILES string of the molecule is CC1=C(C#N)C(=O)N(CCc2ccccc2)C(=O)/C1=C\c1ccc(-c2cccc(Cl)c2)o1. The fraction of sp³-hybridized carbons (Fsp3) is 0.115. The van der Waals surface area contributed by atoms with Gasteiger partial charge >= 0.3 is 0 Å². The maximum atomic E-state index is 13.2. The van der Waals surface area contributed by atoms with Gasteiger partial charge in [0.2, 0.25) is 0 Å². The van der Waals surface area contributed by atoms with Gasteiger partial charge in [-0.3, -0.25) is 14.5 Å². The average molecular weight is 443 g/mol. The second-order valence-electron chi connectivity index (χ2n) is 7.38. The fourth-order valence-corrected chi connectivity index (χ4v) is 3.78. The van der Waals surface area contributed by atoms with Crippen molar-refractivity contribution in [1.82, 2.24) is 4.90 Å². The highest BCUT2D eigenvalue weighted by Gasteiger charge is 2.35. The Balaban J connectivity index is 1.65. The summed E-state index contributed by atoms with van der Waals surface area (Å²) in [6.45, 7) is 1.79. The molecule has 4 rings (SSSR count). The van der Waals surface area contributed by atoms with Crippen molar-refractivity contribution in [1.29, 1.82) is 5.26 Å². The zero-order valence-electron chi connectivity index (χ0n) is 17.3. The number of nitrogens with zero attached hydrogens (tertiary/aromatic N) is 2. The second-order valence-corrected chi connectivity index (χ2v) is 7.82. The maximum Gasteiger partial charge on any atom is 0.271 e. The van der Waals surface area contributed by atoms with Crippen molar-refractivity contribution in [2.75, 3.05) is 6.54 Å². The molecule has 32 heavy (non-hydrogen) atoms. The number of rotatable bonds is 5. The number of halogens is 1. The summed E-state index contributed by atoms with van der Waals surface area (Å²) in [4.78, 5) is 27.1. The lowest BCUT2D eigenvalue weighted by Gasteiger charge is -2.27. The first kappa shape index (κ1) is 21.4. The van der Waals surface area contributed by atoms with Crippen LogP contribution in [-0.4, -0.2) is 23.3 Å². The van der Waals surface area contributed by atoms with Crippen molar-refractivity contribution in [2.24, 2.45) is 0 Å². The predicted octanol–water partition coefficient (Wildman–Crippen LogP) is 5.43. The molecule has 3 aromatic rings. The Morgan fingerprint density at radius 1 is 1.03 bits per heavy atom. The van der Waals surface area contributed by atoms with E-state index in [-0.39, 0.29) is 17.7 Å². The molecular formula is C26H19ClN2O3. The minimum Gasteiger partial charge on any atom is -0.457 e. The maximum absolute atomic E-state index is 13.2. The van der Waals surface area contributed by atoms with E-state index in [2.05, 4.69) is 0 Å². The number of benzene rings is 2. The van der Waals surface area contributed by atoms with Crippen LogP contribution in [0.15, 0.2) is 87.9 Å². The van der Waals surface area contributed by atoms with Crippen LogP contribution in [0.2, 0.25) is 5.02 Å². The molecule has 1 aliphatic heterocycles. The molecule has 1 aliphatic rings. The van der Waals surface area contributed by atoms with Gasteiger partial charge < -0.3 is 4.42 Å². The van der Waals surface area contributed by atoms with Gasteiger partial charge in [0.25, 0.3) is 11.8 Å². The van der Waals surface area contributed by atoms with E-state index in [1.807, 2.05) is 48.5 Å². The van der Waals surface area contributed by atoms with Crippen molar-refractivity contribution in [3.8, 4) is 17.4 Å². The lowest BCUT2D eigenvalue weighted by Crippen LogP contribution is -2.43. The number of imide groups is 1. The molecule has 0 radical (unpaired) electrons. The molecule has 5 nitrogen and oxygen atoms in total. The van der Waals surface area contributed by atoms with E-state index in [1.54, 1.807) is 37.3 Å². The summed E-state index contributed by atoms with van der Waals surface area (Å²) < 4.78 is 5.89. The van der Waals surface area contributed by atoms with E-state index in [9.17, 15) is 14.9 Å². The van der Waals surface area contributed by atoms with Crippen LogP contribution in [0.25, 0.3) is 17.4 Å². The molecule has 0 saturated carbocycles. The Morgan fingerprint density at radius 2 is 1.81 bits per heavy atom. The van der Waals surface area contributed by atoms with E-state index in [0.717, 1.165) is 16.0 Å². The molecule has 0 bridgehead atoms. The number of amides is 2. The van der Waals surface area contributed by atoms with Gasteiger partial charge in [0, 0.05) is 22.7 Å². The number of carbonyl (C=O) groups excluding carboxylic acids is 2. The molecule has 0 saturated heterocycles. The van der Waals surface area contributed by atoms with Crippen LogP contribution in [0.5, 0.6) is 0 Å². The predicted molar refractivity (Wildman–Crippen MR) is 122 cm³/mol. The molecule has 6 heteroatoms. The molecule has 0 fully saturated rings. The van der Waals surface area contributed by atoms with Crippen molar-refractivity contribution >= 4 is 29.5 Å². The molecule has 0 aliphatic carbocycles. The minimum absolute atomic E-state index is 0.0365. The molecular weight excluding hydrogens is 424 g/mol. The number of furan rings is 1. The third-order valence-corrected chi connectivity index (χ3v) is 5.55. The minimum atomic E-state index is -0.567. The normalized spacial score (nSPS) is 15.4. The summed E-state index contributed by atoms with van der Waals surface area (Å²) in [5.41, 5.74) is 2.38. The van der Waals surface area contributed by atoms with Crippen LogP contribution in [0.3, 0.4) is 0 Å². The van der Waals surface area contributed by atoms with Gasteiger partial charge in [-0.25, -0.2) is 0 Å². The van der Waals surface area contributed by atoms with Gasteiger partial charge in [0.1, 0.15) is 23.2 Å². The Labute approximate surface area is 190 Å². The Kier molecular flexibility index (Phi) is 6.07. The summed E-state index contributed by atoms with van der Waals surface area (Å²) in [6, 6.07) is 22.3. The van der Waals surface area contributed by atoms with Crippen molar-refractivity contribution in [3.05, 3.63) is 99.8 Å². The van der Waals surface area contributed by atoms with Gasteiger partial charge in [0.15, 0.2) is 0 Å². The van der Waals surface area contributed by atoms with Gasteiger partial charge in [-0.05, 0) is 54.8 Å². The topological polar surface area (TPSA) is 74.3 Å². The third-order valence-electron chi connectivity index (χ3n) is 5.31. The van der Waals surface area contributed by atoms with E-state index >= 15 is 0 Å². The van der Waals surface area contributed by atoms with E-state index in [1.165, 1.54) is 0 Å². The van der Waals surface area contributed by atoms with Crippen LogP contribution in [-0.2, 0) is 16.0 Å². The molecule has 1 aromatic heterocycles. The fourth-order valence-electron chi connectivity index (χ4n) is 3.59. The van der Waals surface area contributed by atoms with Gasteiger partial charge in [-0.15, -0.1) is 0 Å². The summed E-state index contributed by atoms with van der Waals surface area (Å²) in [5.74, 6) is 0.0318. The van der Waals surface area contributed by atoms with Crippen LogP contribution in [0.4, 0.5) is 0 Å². The van der Waals surface area contributed by atoms with E-state index in [4.69, 9.17) is 16.0 Å². The highest BCUT2D eigenvalue weighted by molar-refractivity contribution is 6.30. The lowest BCUT2D eigenvalue weighted by molar-refractivity contribution is -0.140. The van der Waals surface area contributed by atoms with Crippen LogP contribution >= 0.6 is 11.6 Å². The summed E-state index contributed by atoms with van der Waals surface area (Å²) in [5, 5.41) is 10.1. The largest absolute Gasteiger partial charge is 0.457 e. The Morgan fingerprint density at radius 3 is 2.53 bits per heavy atom. The number of nitriles is 1. The highest BCUT2D eigenvalue weighted by Crippen LogP contribution is 2.30. The van der Waals surface area contributed by atoms with E-state index in [0.29, 0.717) is 28.5 Å². The number of carbonyl (C=O) groups is 2.